The minimum Gasteiger partial charge on any atom is -0.365 e. The zero-order chi connectivity index (χ0) is 9.07. The van der Waals surface area contributed by atoms with E-state index in [0.29, 0.717) is 13.0 Å². The molecule has 2 N–H and O–H groups in total. The predicted octanol–water partition coefficient (Wildman–Crippen LogP) is 0.275. The maximum atomic E-state index is 9.37. The van der Waals surface area contributed by atoms with Gasteiger partial charge >= 0.3 is 0 Å². The van der Waals surface area contributed by atoms with E-state index in [-0.39, 0.29) is 5.92 Å². The summed E-state index contributed by atoms with van der Waals surface area (Å²) in [6.07, 6.45) is 0.377. The highest BCUT2D eigenvalue weighted by Crippen LogP contribution is 2.17. The monoisotopic (exact) mass is 161 g/mol. The minimum atomic E-state index is -1.51. The first kappa shape index (κ1) is 10.9. The molecule has 3 heteroatoms. The van der Waals surface area contributed by atoms with Gasteiger partial charge in [0.05, 0.1) is 0 Å². The van der Waals surface area contributed by atoms with Gasteiger partial charge in [-0.05, 0) is 20.5 Å². The van der Waals surface area contributed by atoms with Gasteiger partial charge < -0.3 is 15.1 Å². The zero-order valence-electron chi connectivity index (χ0n) is 7.83. The van der Waals surface area contributed by atoms with Gasteiger partial charge in [-0.2, -0.15) is 0 Å². The summed E-state index contributed by atoms with van der Waals surface area (Å²) in [5, 5.41) is 18.7. The fraction of sp³-hybridized carbons (Fsp3) is 1.00. The smallest absolute Gasteiger partial charge is 0.166 e. The van der Waals surface area contributed by atoms with E-state index >= 15 is 0 Å². The van der Waals surface area contributed by atoms with Crippen LogP contribution in [0.15, 0.2) is 0 Å². The second-order valence-corrected chi connectivity index (χ2v) is 3.40. The number of hydrogen-bond donors (Lipinski definition) is 2. The molecule has 0 amide bonds. The highest BCUT2D eigenvalue weighted by Gasteiger charge is 2.28. The van der Waals surface area contributed by atoms with E-state index < -0.39 is 5.79 Å². The summed E-state index contributed by atoms with van der Waals surface area (Å²) in [7, 11) is 3.84. The number of aliphatic hydroxyl groups is 2. The molecule has 0 saturated carbocycles. The summed E-state index contributed by atoms with van der Waals surface area (Å²) in [6, 6.07) is 0. The van der Waals surface area contributed by atoms with E-state index in [2.05, 4.69) is 0 Å². The lowest BCUT2D eigenvalue weighted by molar-refractivity contribution is -0.199. The van der Waals surface area contributed by atoms with E-state index in [4.69, 9.17) is 0 Å². The summed E-state index contributed by atoms with van der Waals surface area (Å²) >= 11 is 0. The topological polar surface area (TPSA) is 43.7 Å². The standard InChI is InChI=1S/C8H19NO2/c1-5-8(10,11)7(2)6-9(3)4/h7,10-11H,5-6H2,1-4H3. The molecule has 0 heterocycles. The first-order valence-electron chi connectivity index (χ1n) is 3.99. The molecule has 0 aliphatic rings. The van der Waals surface area contributed by atoms with Crippen LogP contribution in [0, 0.1) is 5.92 Å². The molecule has 11 heavy (non-hydrogen) atoms. The normalized spacial score (nSPS) is 15.5. The van der Waals surface area contributed by atoms with E-state index in [0.717, 1.165) is 0 Å². The van der Waals surface area contributed by atoms with Gasteiger partial charge in [0.2, 0.25) is 0 Å². The van der Waals surface area contributed by atoms with Gasteiger partial charge in [0.15, 0.2) is 5.79 Å². The largest absolute Gasteiger partial charge is 0.365 e. The molecule has 0 aromatic rings. The second-order valence-electron chi connectivity index (χ2n) is 3.40. The molecule has 0 aliphatic carbocycles. The maximum absolute atomic E-state index is 9.37. The van der Waals surface area contributed by atoms with Gasteiger partial charge in [-0.25, -0.2) is 0 Å². The molecule has 0 saturated heterocycles. The molecule has 68 valence electrons. The van der Waals surface area contributed by atoms with Crippen LogP contribution in [-0.2, 0) is 0 Å². The highest BCUT2D eigenvalue weighted by molar-refractivity contribution is 4.71. The van der Waals surface area contributed by atoms with Crippen molar-refractivity contribution < 1.29 is 10.2 Å². The van der Waals surface area contributed by atoms with Crippen molar-refractivity contribution in [1.29, 1.82) is 0 Å². The van der Waals surface area contributed by atoms with Crippen LogP contribution in [-0.4, -0.2) is 41.5 Å². The summed E-state index contributed by atoms with van der Waals surface area (Å²) in [5.41, 5.74) is 0. The van der Waals surface area contributed by atoms with Crippen LogP contribution in [0.3, 0.4) is 0 Å². The van der Waals surface area contributed by atoms with Crippen LogP contribution in [0.4, 0.5) is 0 Å². The average molecular weight is 161 g/mol. The molecule has 0 spiro atoms. The fourth-order valence-corrected chi connectivity index (χ4v) is 1.04. The van der Waals surface area contributed by atoms with Crippen molar-refractivity contribution in [1.82, 2.24) is 4.90 Å². The third-order valence-corrected chi connectivity index (χ3v) is 1.95. The third-order valence-electron chi connectivity index (χ3n) is 1.95. The van der Waals surface area contributed by atoms with Crippen molar-refractivity contribution in [2.45, 2.75) is 26.1 Å². The molecular weight excluding hydrogens is 142 g/mol. The molecule has 3 nitrogen and oxygen atoms in total. The number of nitrogens with zero attached hydrogens (tertiary/aromatic N) is 1. The van der Waals surface area contributed by atoms with Gasteiger partial charge in [0.1, 0.15) is 0 Å². The lowest BCUT2D eigenvalue weighted by Gasteiger charge is -2.29. The Morgan fingerprint density at radius 2 is 1.82 bits per heavy atom. The Morgan fingerprint density at radius 3 is 2.09 bits per heavy atom. The minimum absolute atomic E-state index is 0.109. The summed E-state index contributed by atoms with van der Waals surface area (Å²) in [5.74, 6) is -1.62. The highest BCUT2D eigenvalue weighted by atomic mass is 16.5. The molecule has 0 aliphatic heterocycles. The quantitative estimate of drug-likeness (QED) is 0.582. The van der Waals surface area contributed by atoms with Crippen LogP contribution in [0.2, 0.25) is 0 Å². The Labute approximate surface area is 68.6 Å². The predicted molar refractivity (Wildman–Crippen MR) is 45.2 cm³/mol. The van der Waals surface area contributed by atoms with Crippen molar-refractivity contribution in [2.75, 3.05) is 20.6 Å². The van der Waals surface area contributed by atoms with Gasteiger partial charge in [-0.15, -0.1) is 0 Å². The van der Waals surface area contributed by atoms with Gasteiger partial charge in [-0.1, -0.05) is 13.8 Å². The molecule has 0 fully saturated rings. The van der Waals surface area contributed by atoms with Crippen molar-refractivity contribution in [3.05, 3.63) is 0 Å². The lowest BCUT2D eigenvalue weighted by Crippen LogP contribution is -2.40. The van der Waals surface area contributed by atoms with Crippen molar-refractivity contribution in [2.24, 2.45) is 5.92 Å². The van der Waals surface area contributed by atoms with Gasteiger partial charge in [0, 0.05) is 12.5 Å². The van der Waals surface area contributed by atoms with E-state index in [1.54, 1.807) is 6.92 Å². The molecule has 1 unspecified atom stereocenters. The third kappa shape index (κ3) is 3.70. The number of rotatable bonds is 4. The summed E-state index contributed by atoms with van der Waals surface area (Å²) in [4.78, 5) is 1.95. The van der Waals surface area contributed by atoms with Gasteiger partial charge in [0.25, 0.3) is 0 Å². The zero-order valence-corrected chi connectivity index (χ0v) is 7.83. The SMILES string of the molecule is CCC(O)(O)C(C)CN(C)C. The van der Waals surface area contributed by atoms with E-state index in [9.17, 15) is 10.2 Å². The lowest BCUT2D eigenvalue weighted by atomic mass is 9.98. The molecule has 0 aromatic carbocycles. The molecular formula is C8H19NO2. The Kier molecular flexibility index (Phi) is 4.00. The van der Waals surface area contributed by atoms with Crippen molar-refractivity contribution in [3.63, 3.8) is 0 Å². The first-order valence-corrected chi connectivity index (χ1v) is 3.99. The molecule has 0 radical (unpaired) electrons. The van der Waals surface area contributed by atoms with Crippen LogP contribution in [0.1, 0.15) is 20.3 Å². The average Bonchev–Trinajstić information content (AvgIpc) is 1.86. The molecule has 0 bridgehead atoms. The Morgan fingerprint density at radius 1 is 1.36 bits per heavy atom. The van der Waals surface area contributed by atoms with Crippen LogP contribution >= 0.6 is 0 Å². The van der Waals surface area contributed by atoms with Crippen molar-refractivity contribution in [3.8, 4) is 0 Å². The summed E-state index contributed by atoms with van der Waals surface area (Å²) in [6.45, 7) is 4.30. The van der Waals surface area contributed by atoms with Crippen LogP contribution in [0.25, 0.3) is 0 Å². The number of hydrogen-bond acceptors (Lipinski definition) is 3. The van der Waals surface area contributed by atoms with Gasteiger partial charge in [-0.3, -0.25) is 0 Å². The fourth-order valence-electron chi connectivity index (χ4n) is 1.04. The van der Waals surface area contributed by atoms with E-state index in [1.807, 2.05) is 25.9 Å². The molecule has 1 atom stereocenters. The first-order chi connectivity index (χ1) is 4.90. The van der Waals surface area contributed by atoms with Crippen LogP contribution in [0.5, 0.6) is 0 Å². The van der Waals surface area contributed by atoms with Crippen LogP contribution < -0.4 is 0 Å². The Bertz CT molecular complexity index is 113. The maximum Gasteiger partial charge on any atom is 0.166 e. The second kappa shape index (κ2) is 4.04. The summed E-state index contributed by atoms with van der Waals surface area (Å²) < 4.78 is 0. The van der Waals surface area contributed by atoms with E-state index in [1.165, 1.54) is 0 Å². The molecule has 0 aromatic heterocycles. The Balaban J connectivity index is 3.90. The Hall–Kier alpha value is -0.120. The van der Waals surface area contributed by atoms with Crippen molar-refractivity contribution >= 4 is 0 Å². The molecule has 0 rings (SSSR count).